The van der Waals surface area contributed by atoms with Crippen LogP contribution in [-0.4, -0.2) is 50.5 Å². The van der Waals surface area contributed by atoms with E-state index >= 15 is 0 Å². The Morgan fingerprint density at radius 1 is 0.684 bits per heavy atom. The van der Waals surface area contributed by atoms with Crippen LogP contribution in [0.2, 0.25) is 6.04 Å². The molecule has 0 aromatic heterocycles. The number of rotatable bonds is 14. The molecule has 0 saturated heterocycles. The van der Waals surface area contributed by atoms with E-state index in [1.807, 2.05) is 0 Å². The molecule has 116 valence electrons. The highest BCUT2D eigenvalue weighted by Crippen LogP contribution is 2.20. The van der Waals surface area contributed by atoms with Gasteiger partial charge in [0.25, 0.3) is 0 Å². The fraction of sp³-hybridized carbons (Fsp3) is 1.00. The fourth-order valence-corrected chi connectivity index (χ4v) is 3.81. The summed E-state index contributed by atoms with van der Waals surface area (Å²) >= 11 is 0. The van der Waals surface area contributed by atoms with Gasteiger partial charge in [0.15, 0.2) is 0 Å². The molecule has 0 rings (SSSR count). The molecular formula is C12H28O6Si. The van der Waals surface area contributed by atoms with E-state index in [4.69, 9.17) is 27.5 Å². The maximum atomic E-state index is 5.68. The molecule has 0 atom stereocenters. The van der Waals surface area contributed by atoms with Gasteiger partial charge in [-0.2, -0.15) is 0 Å². The summed E-state index contributed by atoms with van der Waals surface area (Å²) in [7, 11) is 1.93. The Bertz CT molecular complexity index is 171. The van der Waals surface area contributed by atoms with Gasteiger partial charge in [0, 0.05) is 27.4 Å². The zero-order valence-corrected chi connectivity index (χ0v) is 13.6. The first-order valence-corrected chi connectivity index (χ1v) is 8.56. The van der Waals surface area contributed by atoms with E-state index in [2.05, 4.69) is 6.92 Å². The van der Waals surface area contributed by atoms with Gasteiger partial charge in [-0.3, -0.25) is 0 Å². The Morgan fingerprint density at radius 3 is 1.53 bits per heavy atom. The first kappa shape index (κ1) is 19.0. The Morgan fingerprint density at radius 2 is 1.16 bits per heavy atom. The molecule has 0 heterocycles. The minimum absolute atomic E-state index is 0.146. The van der Waals surface area contributed by atoms with E-state index < -0.39 is 8.80 Å². The van der Waals surface area contributed by atoms with Gasteiger partial charge in [-0.25, -0.2) is 0 Å². The molecule has 6 nitrogen and oxygen atoms in total. The lowest BCUT2D eigenvalue weighted by atomic mass is 10.2. The second-order valence-corrected chi connectivity index (χ2v) is 6.88. The van der Waals surface area contributed by atoms with Crippen LogP contribution < -0.4 is 0 Å². The average Bonchev–Trinajstić information content (AvgIpc) is 2.44. The number of unbranched alkanes of at least 4 members (excludes halogenated alkanes) is 3. The van der Waals surface area contributed by atoms with Gasteiger partial charge in [0.1, 0.15) is 20.4 Å². The van der Waals surface area contributed by atoms with E-state index in [1.165, 1.54) is 12.8 Å². The Labute approximate surface area is 117 Å². The van der Waals surface area contributed by atoms with Gasteiger partial charge in [0.2, 0.25) is 0 Å². The maximum absolute atomic E-state index is 5.68. The van der Waals surface area contributed by atoms with Crippen molar-refractivity contribution < 1.29 is 27.5 Å². The summed E-state index contributed by atoms with van der Waals surface area (Å²) in [6, 6.07) is 0.739. The monoisotopic (exact) mass is 296 g/mol. The third kappa shape index (κ3) is 9.50. The molecule has 19 heavy (non-hydrogen) atoms. The van der Waals surface area contributed by atoms with Crippen LogP contribution in [0.3, 0.4) is 0 Å². The normalized spacial score (nSPS) is 12.0. The van der Waals surface area contributed by atoms with Crippen LogP contribution in [-0.2, 0) is 27.5 Å². The highest BCUT2D eigenvalue weighted by Gasteiger charge is 2.41. The molecule has 0 N–H and O–H groups in total. The van der Waals surface area contributed by atoms with Crippen molar-refractivity contribution in [2.24, 2.45) is 0 Å². The number of methoxy groups -OCH3 is 3. The summed E-state index contributed by atoms with van der Waals surface area (Å²) in [5.74, 6) is 0. The van der Waals surface area contributed by atoms with E-state index in [0.717, 1.165) is 18.9 Å². The van der Waals surface area contributed by atoms with Crippen molar-refractivity contribution in [3.8, 4) is 0 Å². The van der Waals surface area contributed by atoms with Gasteiger partial charge in [-0.1, -0.05) is 26.2 Å². The van der Waals surface area contributed by atoms with E-state index in [0.29, 0.717) is 0 Å². The molecule has 0 aliphatic carbocycles. The molecule has 0 radical (unpaired) electrons. The summed E-state index contributed by atoms with van der Waals surface area (Å²) in [6.07, 6.45) is 4.51. The molecule has 7 heteroatoms. The summed E-state index contributed by atoms with van der Waals surface area (Å²) < 4.78 is 31.9. The lowest BCUT2D eigenvalue weighted by Crippen LogP contribution is -2.47. The van der Waals surface area contributed by atoms with Gasteiger partial charge in [0.05, 0.1) is 0 Å². The molecule has 0 aromatic carbocycles. The zero-order valence-electron chi connectivity index (χ0n) is 12.6. The van der Waals surface area contributed by atoms with Crippen molar-refractivity contribution in [2.45, 2.75) is 38.7 Å². The number of ether oxygens (including phenoxy) is 3. The van der Waals surface area contributed by atoms with Crippen LogP contribution in [0, 0.1) is 0 Å². The van der Waals surface area contributed by atoms with Crippen LogP contribution >= 0.6 is 0 Å². The minimum atomic E-state index is -2.78. The van der Waals surface area contributed by atoms with E-state index in [9.17, 15) is 0 Å². The van der Waals surface area contributed by atoms with Crippen LogP contribution in [0.25, 0.3) is 0 Å². The average molecular weight is 296 g/mol. The van der Waals surface area contributed by atoms with Gasteiger partial charge in [-0.05, 0) is 6.42 Å². The van der Waals surface area contributed by atoms with Crippen molar-refractivity contribution >= 4 is 8.80 Å². The lowest BCUT2D eigenvalue weighted by Gasteiger charge is -2.28. The smallest absolute Gasteiger partial charge is 0.360 e. The van der Waals surface area contributed by atoms with Crippen LogP contribution in [0.1, 0.15) is 32.6 Å². The maximum Gasteiger partial charge on any atom is 0.506 e. The second kappa shape index (κ2) is 13.0. The van der Waals surface area contributed by atoms with Crippen LogP contribution in [0.15, 0.2) is 0 Å². The van der Waals surface area contributed by atoms with Crippen LogP contribution in [0.4, 0.5) is 0 Å². The van der Waals surface area contributed by atoms with Gasteiger partial charge >= 0.3 is 8.80 Å². The van der Waals surface area contributed by atoms with Gasteiger partial charge in [-0.15, -0.1) is 0 Å². The Balaban J connectivity index is 4.38. The second-order valence-electron chi connectivity index (χ2n) is 4.15. The third-order valence-electron chi connectivity index (χ3n) is 2.53. The van der Waals surface area contributed by atoms with Crippen molar-refractivity contribution in [1.82, 2.24) is 0 Å². The summed E-state index contributed by atoms with van der Waals surface area (Å²) in [5, 5.41) is 0. The molecule has 0 fully saturated rings. The highest BCUT2D eigenvalue weighted by atomic mass is 28.4. The largest absolute Gasteiger partial charge is 0.506 e. The van der Waals surface area contributed by atoms with Crippen molar-refractivity contribution in [3.63, 3.8) is 0 Å². The third-order valence-corrected chi connectivity index (χ3v) is 5.17. The number of hydrogen-bond acceptors (Lipinski definition) is 6. The zero-order chi connectivity index (χ0) is 14.4. The van der Waals surface area contributed by atoms with Crippen molar-refractivity contribution in [2.75, 3.05) is 41.7 Å². The van der Waals surface area contributed by atoms with Crippen molar-refractivity contribution in [3.05, 3.63) is 0 Å². The molecule has 0 aliphatic rings. The first-order chi connectivity index (χ1) is 9.24. The Hall–Kier alpha value is -0.0231. The molecule has 0 spiro atoms. The molecule has 0 saturated carbocycles. The predicted molar refractivity (Wildman–Crippen MR) is 73.6 cm³/mol. The molecule has 0 aromatic rings. The predicted octanol–water partition coefficient (Wildman–Crippen LogP) is 2.37. The topological polar surface area (TPSA) is 55.4 Å². The van der Waals surface area contributed by atoms with Crippen LogP contribution in [0.5, 0.6) is 0 Å². The summed E-state index contributed by atoms with van der Waals surface area (Å²) in [5.41, 5.74) is 0. The minimum Gasteiger partial charge on any atom is -0.360 e. The van der Waals surface area contributed by atoms with E-state index in [-0.39, 0.29) is 20.4 Å². The standard InChI is InChI=1S/C12H28O6Si/c1-5-6-7-8-9-19(16-10-13-2,17-11-14-3)18-12-15-4/h5-12H2,1-4H3. The molecule has 0 unspecified atom stereocenters. The number of hydrogen-bond donors (Lipinski definition) is 0. The first-order valence-electron chi connectivity index (χ1n) is 6.63. The van der Waals surface area contributed by atoms with Gasteiger partial charge < -0.3 is 27.5 Å². The quantitative estimate of drug-likeness (QED) is 0.279. The molecule has 0 amide bonds. The molecule has 0 bridgehead atoms. The SMILES string of the molecule is CCCCCC[Si](OCOC)(OCOC)OCOC. The molecule has 0 aliphatic heterocycles. The summed E-state index contributed by atoms with van der Waals surface area (Å²) in [4.78, 5) is 0. The lowest BCUT2D eigenvalue weighted by molar-refractivity contribution is -0.0854. The van der Waals surface area contributed by atoms with E-state index in [1.54, 1.807) is 21.3 Å². The summed E-state index contributed by atoms with van der Waals surface area (Å²) in [6.45, 7) is 2.61. The highest BCUT2D eigenvalue weighted by molar-refractivity contribution is 6.60. The molecular weight excluding hydrogens is 268 g/mol. The Kier molecular flexibility index (Phi) is 13.0. The van der Waals surface area contributed by atoms with Crippen molar-refractivity contribution in [1.29, 1.82) is 0 Å². The fourth-order valence-electron chi connectivity index (χ4n) is 1.56.